The Labute approximate surface area is 357 Å². The normalized spacial score (nSPS) is 35.0. The number of esters is 2. The van der Waals surface area contributed by atoms with Gasteiger partial charge in [0.2, 0.25) is 5.91 Å². The molecule has 4 unspecified atom stereocenters. The van der Waals surface area contributed by atoms with Crippen LogP contribution in [0, 0.1) is 23.7 Å². The molecule has 1 amide bonds. The van der Waals surface area contributed by atoms with Crippen LogP contribution in [0.4, 0.5) is 4.79 Å². The summed E-state index contributed by atoms with van der Waals surface area (Å²) in [4.78, 5) is 83.5. The number of hydrogen-bond acceptors (Lipinski definition) is 15. The summed E-state index contributed by atoms with van der Waals surface area (Å²) in [5.74, 6) is -6.18. The average molecular weight is 855 g/mol. The molecule has 1 aromatic heterocycles. The summed E-state index contributed by atoms with van der Waals surface area (Å²) in [5, 5.41) is 2.86. The van der Waals surface area contributed by atoms with Gasteiger partial charge in [-0.05, 0) is 78.4 Å². The predicted molar refractivity (Wildman–Crippen MR) is 219 cm³/mol. The monoisotopic (exact) mass is 854 g/mol. The van der Waals surface area contributed by atoms with E-state index in [1.165, 1.54) is 27.9 Å². The number of rotatable bonds is 11. The van der Waals surface area contributed by atoms with Crippen LogP contribution in [0.1, 0.15) is 80.2 Å². The lowest BCUT2D eigenvalue weighted by atomic mass is 9.74. The van der Waals surface area contributed by atoms with Crippen LogP contribution in [0.25, 0.3) is 11.3 Å². The molecule has 0 spiro atoms. The van der Waals surface area contributed by atoms with E-state index in [1.54, 1.807) is 40.0 Å². The maximum atomic E-state index is 14.5. The summed E-state index contributed by atoms with van der Waals surface area (Å²) in [6.07, 6.45) is -4.97. The second kappa shape index (κ2) is 19.6. The van der Waals surface area contributed by atoms with E-state index < -0.39 is 89.5 Å². The van der Waals surface area contributed by atoms with Crippen LogP contribution in [0.2, 0.25) is 0 Å². The van der Waals surface area contributed by atoms with Gasteiger partial charge in [-0.2, -0.15) is 0 Å². The Bertz CT molecular complexity index is 1900. The molecule has 3 saturated heterocycles. The number of amides is 1. The van der Waals surface area contributed by atoms with Crippen molar-refractivity contribution in [3.8, 4) is 11.3 Å². The Morgan fingerprint density at radius 3 is 2.31 bits per heavy atom. The molecule has 2 aromatic rings. The second-order valence-corrected chi connectivity index (χ2v) is 17.4. The van der Waals surface area contributed by atoms with Crippen LogP contribution < -0.4 is 5.32 Å². The molecule has 61 heavy (non-hydrogen) atoms. The van der Waals surface area contributed by atoms with E-state index >= 15 is 0 Å². The van der Waals surface area contributed by atoms with E-state index in [1.807, 2.05) is 56.3 Å². The molecule has 0 saturated carbocycles. The van der Waals surface area contributed by atoms with Gasteiger partial charge in [-0.3, -0.25) is 24.0 Å². The minimum absolute atomic E-state index is 0.0225. The van der Waals surface area contributed by atoms with Gasteiger partial charge < -0.3 is 47.8 Å². The highest BCUT2D eigenvalue weighted by atomic mass is 16.8. The Morgan fingerprint density at radius 2 is 1.67 bits per heavy atom. The van der Waals surface area contributed by atoms with Crippen LogP contribution in [-0.4, -0.2) is 122 Å². The first kappa shape index (κ1) is 47.4. The van der Waals surface area contributed by atoms with E-state index in [4.69, 9.17) is 37.6 Å². The van der Waals surface area contributed by atoms with Gasteiger partial charge in [0.15, 0.2) is 29.9 Å². The quantitative estimate of drug-likeness (QED) is 0.179. The van der Waals surface area contributed by atoms with Gasteiger partial charge in [0.05, 0.1) is 42.5 Å². The second-order valence-electron chi connectivity index (χ2n) is 17.4. The van der Waals surface area contributed by atoms with Crippen molar-refractivity contribution in [2.75, 3.05) is 27.7 Å². The zero-order valence-corrected chi connectivity index (χ0v) is 37.1. The summed E-state index contributed by atoms with van der Waals surface area (Å²) in [7, 11) is 5.15. The van der Waals surface area contributed by atoms with Crippen molar-refractivity contribution in [3.63, 3.8) is 0 Å². The lowest BCUT2D eigenvalue weighted by Crippen LogP contribution is -2.60. The van der Waals surface area contributed by atoms with Gasteiger partial charge in [-0.25, -0.2) is 4.79 Å². The van der Waals surface area contributed by atoms with Gasteiger partial charge in [0, 0.05) is 44.4 Å². The number of furan rings is 1. The van der Waals surface area contributed by atoms with Gasteiger partial charge in [0.1, 0.15) is 23.6 Å². The third-order valence-corrected chi connectivity index (χ3v) is 12.5. The van der Waals surface area contributed by atoms with Gasteiger partial charge in [0.25, 0.3) is 0 Å². The van der Waals surface area contributed by atoms with Crippen LogP contribution >= 0.6 is 0 Å². The maximum absolute atomic E-state index is 14.5. The molecule has 1 N–H and O–H groups in total. The first-order chi connectivity index (χ1) is 28.7. The Kier molecular flexibility index (Phi) is 15.2. The molecule has 3 aliphatic heterocycles. The predicted octanol–water partition coefficient (Wildman–Crippen LogP) is 5.07. The average Bonchev–Trinajstić information content (AvgIpc) is 3.86. The number of Topliss-reactive ketones (excluding diaryl/α,β-unsaturated/α-hetero) is 2. The molecule has 16 heteroatoms. The first-order valence-electron chi connectivity index (χ1n) is 21.0. The van der Waals surface area contributed by atoms with Crippen molar-refractivity contribution in [1.82, 2.24) is 10.2 Å². The van der Waals surface area contributed by atoms with Crippen molar-refractivity contribution in [3.05, 3.63) is 48.2 Å². The highest BCUT2D eigenvalue weighted by Gasteiger charge is 2.59. The third-order valence-electron chi connectivity index (χ3n) is 12.5. The van der Waals surface area contributed by atoms with E-state index in [2.05, 4.69) is 5.32 Å². The highest BCUT2D eigenvalue weighted by molar-refractivity contribution is 6.00. The summed E-state index contributed by atoms with van der Waals surface area (Å²) in [6.45, 7) is 12.7. The fourth-order valence-corrected chi connectivity index (χ4v) is 9.08. The number of hydrogen-bond donors (Lipinski definition) is 1. The number of nitrogens with zero attached hydrogens (tertiary/aromatic N) is 1. The zero-order chi connectivity index (χ0) is 45.0. The molecule has 5 rings (SSSR count). The Balaban J connectivity index is 1.44. The standard InChI is InChI=1S/C45H62N2O14/c1-24-23-44(7,54-11)39(59-42-38(57-29(6)48)32(47(9)10)20-25(2)56-42)27(4)37(51)28(5)41(52)58-34(45(8)40(26(3)36(24)50)60-43(53)61-45)17-18-46-35(49)22-30-14-12-15-31(21-30)33-16-13-19-55-33/h12-16,19,21,24-28,32,34,38-40,42H,17-18,20,22-23H2,1-11H3,(H,46,49)/t24-,25?,26+,27+,28-,32?,34-,38?,39-,40-,42?,44-,45-/m1/s1. The van der Waals surface area contributed by atoms with Crippen LogP contribution in [0.3, 0.4) is 0 Å². The number of cyclic esters (lactones) is 1. The number of likely N-dealkylation sites (N-methyl/N-ethyl adjacent to an activating group) is 1. The Morgan fingerprint density at radius 1 is 0.951 bits per heavy atom. The lowest BCUT2D eigenvalue weighted by molar-refractivity contribution is -0.298. The first-order valence-corrected chi connectivity index (χ1v) is 21.0. The minimum atomic E-state index is -1.69. The van der Waals surface area contributed by atoms with Crippen molar-refractivity contribution in [1.29, 1.82) is 0 Å². The number of nitrogens with one attached hydrogen (secondary N) is 1. The molecule has 336 valence electrons. The fourth-order valence-electron chi connectivity index (χ4n) is 9.08. The van der Waals surface area contributed by atoms with E-state index in [9.17, 15) is 28.8 Å². The van der Waals surface area contributed by atoms with Crippen molar-refractivity contribution >= 4 is 35.6 Å². The minimum Gasteiger partial charge on any atom is -0.464 e. The number of methoxy groups -OCH3 is 1. The van der Waals surface area contributed by atoms with Crippen molar-refractivity contribution in [2.24, 2.45) is 23.7 Å². The van der Waals surface area contributed by atoms with Crippen LogP contribution in [0.15, 0.2) is 47.1 Å². The number of benzene rings is 1. The molecular weight excluding hydrogens is 792 g/mol. The third kappa shape index (κ3) is 10.7. The topological polar surface area (TPSA) is 195 Å². The molecule has 0 bridgehead atoms. The molecule has 0 radical (unpaired) electrons. The number of ether oxygens (including phenoxy) is 7. The molecular formula is C45H62N2O14. The van der Waals surface area contributed by atoms with Gasteiger partial charge in [-0.15, -0.1) is 0 Å². The van der Waals surface area contributed by atoms with Gasteiger partial charge in [-0.1, -0.05) is 39.0 Å². The molecule has 1 aromatic carbocycles. The Hall–Kier alpha value is -4.64. The van der Waals surface area contributed by atoms with Gasteiger partial charge >= 0.3 is 18.1 Å². The molecule has 3 aliphatic rings. The lowest BCUT2D eigenvalue weighted by Gasteiger charge is -2.47. The van der Waals surface area contributed by atoms with Crippen LogP contribution in [-0.2, 0) is 63.6 Å². The highest BCUT2D eigenvalue weighted by Crippen LogP contribution is 2.42. The fraction of sp³-hybridized carbons (Fsp3) is 0.644. The number of carbonyl (C=O) groups excluding carboxylic acids is 6. The number of ketones is 2. The van der Waals surface area contributed by atoms with E-state index in [0.29, 0.717) is 12.2 Å². The van der Waals surface area contributed by atoms with Crippen molar-refractivity contribution in [2.45, 2.75) is 135 Å². The summed E-state index contributed by atoms with van der Waals surface area (Å²) < 4.78 is 47.9. The molecule has 16 nitrogen and oxygen atoms in total. The maximum Gasteiger partial charge on any atom is 0.509 e. The summed E-state index contributed by atoms with van der Waals surface area (Å²) in [5.41, 5.74) is -1.50. The molecule has 13 atom stereocenters. The summed E-state index contributed by atoms with van der Waals surface area (Å²) >= 11 is 0. The molecule has 4 heterocycles. The smallest absolute Gasteiger partial charge is 0.464 e. The van der Waals surface area contributed by atoms with E-state index in [0.717, 1.165) is 11.1 Å². The van der Waals surface area contributed by atoms with Crippen molar-refractivity contribution < 1.29 is 66.3 Å². The zero-order valence-electron chi connectivity index (χ0n) is 37.1. The molecule has 3 fully saturated rings. The number of fused-ring (bicyclic) bond motifs is 1. The SMILES string of the molecule is CO[C@]1(C)C[C@@H](C)C(=O)[C@H](C)[C@H]2OC(=O)O[C@]2(C)[C@@H](CCNC(=O)Cc2cccc(-c3ccco3)c2)OC(=O)[C@H](C)C(=O)[C@H](C)[C@H]1OC1OC(C)CC(N(C)C)C1OC(C)=O. The number of carbonyl (C=O) groups is 6. The molecule has 0 aliphatic carbocycles. The largest absolute Gasteiger partial charge is 0.509 e. The van der Waals surface area contributed by atoms with Crippen LogP contribution in [0.5, 0.6) is 0 Å². The van der Waals surface area contributed by atoms with E-state index in [-0.39, 0.29) is 49.6 Å². The summed E-state index contributed by atoms with van der Waals surface area (Å²) in [6, 6.07) is 10.7.